The molecule has 1 amide bonds. The number of fused-ring (bicyclic) bond motifs is 1. The molecule has 1 aliphatic heterocycles. The number of aromatic nitrogens is 3. The SMILES string of the molecule is Cc1cc(=O)n(C(C)C(=O)N2CCN(c3ccccc3)CC2)c2c1c(C)nn2-c1ccccc1. The molecule has 0 saturated carbocycles. The molecule has 7 heteroatoms. The zero-order valence-corrected chi connectivity index (χ0v) is 19.8. The van der Waals surface area contributed by atoms with Crippen LogP contribution in [-0.2, 0) is 4.79 Å². The first-order valence-corrected chi connectivity index (χ1v) is 11.7. The lowest BCUT2D eigenvalue weighted by atomic mass is 10.1. The van der Waals surface area contributed by atoms with Crippen molar-refractivity contribution in [1.29, 1.82) is 0 Å². The lowest BCUT2D eigenvalue weighted by Crippen LogP contribution is -2.51. The van der Waals surface area contributed by atoms with Crippen LogP contribution < -0.4 is 10.5 Å². The molecule has 34 heavy (non-hydrogen) atoms. The normalized spacial score (nSPS) is 15.0. The highest BCUT2D eigenvalue weighted by atomic mass is 16.2. The fourth-order valence-electron chi connectivity index (χ4n) is 4.95. The van der Waals surface area contributed by atoms with E-state index in [1.165, 1.54) is 5.69 Å². The molecule has 0 radical (unpaired) electrons. The number of carbonyl (C=O) groups excluding carboxylic acids is 1. The van der Waals surface area contributed by atoms with Crippen molar-refractivity contribution < 1.29 is 4.79 Å². The van der Waals surface area contributed by atoms with Crippen LogP contribution >= 0.6 is 0 Å². The third-order valence-corrected chi connectivity index (χ3v) is 6.69. The quantitative estimate of drug-likeness (QED) is 0.471. The van der Waals surface area contributed by atoms with Crippen molar-refractivity contribution in [3.05, 3.63) is 88.3 Å². The van der Waals surface area contributed by atoms with Gasteiger partial charge in [0.1, 0.15) is 11.7 Å². The van der Waals surface area contributed by atoms with Crippen LogP contribution in [0.1, 0.15) is 24.2 Å². The van der Waals surface area contributed by atoms with E-state index in [0.29, 0.717) is 18.7 Å². The van der Waals surface area contributed by atoms with Gasteiger partial charge < -0.3 is 9.80 Å². The Kier molecular flexibility index (Phi) is 5.69. The lowest BCUT2D eigenvalue weighted by molar-refractivity contribution is -0.134. The summed E-state index contributed by atoms with van der Waals surface area (Å²) in [4.78, 5) is 31.0. The number of nitrogens with zero attached hydrogens (tertiary/aromatic N) is 5. The molecule has 1 unspecified atom stereocenters. The zero-order chi connectivity index (χ0) is 23.8. The predicted octanol–water partition coefficient (Wildman–Crippen LogP) is 3.71. The van der Waals surface area contributed by atoms with Gasteiger partial charge in [-0.2, -0.15) is 5.10 Å². The van der Waals surface area contributed by atoms with Crippen molar-refractivity contribution in [2.75, 3.05) is 31.1 Å². The molecule has 1 aliphatic rings. The predicted molar refractivity (Wildman–Crippen MR) is 135 cm³/mol. The van der Waals surface area contributed by atoms with E-state index in [-0.39, 0.29) is 11.5 Å². The van der Waals surface area contributed by atoms with Gasteiger partial charge in [0.25, 0.3) is 5.56 Å². The molecule has 1 fully saturated rings. The zero-order valence-electron chi connectivity index (χ0n) is 19.8. The number of rotatable bonds is 4. The van der Waals surface area contributed by atoms with E-state index in [0.717, 1.165) is 35.4 Å². The molecule has 0 spiro atoms. The monoisotopic (exact) mass is 455 g/mol. The van der Waals surface area contributed by atoms with Crippen molar-refractivity contribution in [2.24, 2.45) is 0 Å². The summed E-state index contributed by atoms with van der Waals surface area (Å²) in [5.41, 5.74) is 4.20. The summed E-state index contributed by atoms with van der Waals surface area (Å²) in [5.74, 6) is -0.0431. The van der Waals surface area contributed by atoms with Crippen LogP contribution in [0, 0.1) is 13.8 Å². The third kappa shape index (κ3) is 3.77. The second-order valence-corrected chi connectivity index (χ2v) is 8.89. The number of hydrogen-bond donors (Lipinski definition) is 0. The van der Waals surface area contributed by atoms with E-state index in [1.807, 2.05) is 74.2 Å². The average molecular weight is 456 g/mol. The molecule has 2 aromatic carbocycles. The second kappa shape index (κ2) is 8.82. The van der Waals surface area contributed by atoms with Gasteiger partial charge >= 0.3 is 0 Å². The smallest absolute Gasteiger partial charge is 0.253 e. The van der Waals surface area contributed by atoms with Crippen LogP contribution in [0.5, 0.6) is 0 Å². The Labute approximate surface area is 198 Å². The second-order valence-electron chi connectivity index (χ2n) is 8.89. The minimum absolute atomic E-state index is 0.0431. The van der Waals surface area contributed by atoms with Gasteiger partial charge in [0.15, 0.2) is 0 Å². The van der Waals surface area contributed by atoms with Crippen LogP contribution in [0.4, 0.5) is 5.69 Å². The Bertz CT molecular complexity index is 1380. The number of aryl methyl sites for hydroxylation is 2. The number of hydrogen-bond acceptors (Lipinski definition) is 4. The Balaban J connectivity index is 1.49. The summed E-state index contributed by atoms with van der Waals surface area (Å²) < 4.78 is 3.40. The third-order valence-electron chi connectivity index (χ3n) is 6.69. The maximum atomic E-state index is 13.6. The van der Waals surface area contributed by atoms with Gasteiger partial charge in [-0.15, -0.1) is 0 Å². The number of piperazine rings is 1. The molecule has 1 saturated heterocycles. The van der Waals surface area contributed by atoms with E-state index in [4.69, 9.17) is 5.10 Å². The average Bonchev–Trinajstić information content (AvgIpc) is 3.22. The summed E-state index contributed by atoms with van der Waals surface area (Å²) in [5, 5.41) is 5.66. The molecule has 3 heterocycles. The Hall–Kier alpha value is -3.87. The first kappa shape index (κ1) is 21.9. The number of pyridine rings is 1. The van der Waals surface area contributed by atoms with Crippen LogP contribution in [0.15, 0.2) is 71.5 Å². The van der Waals surface area contributed by atoms with Crippen LogP contribution in [0.25, 0.3) is 16.7 Å². The Morgan fingerprint density at radius 1 is 0.882 bits per heavy atom. The highest BCUT2D eigenvalue weighted by Crippen LogP contribution is 2.26. The number of benzene rings is 2. The molecule has 7 nitrogen and oxygen atoms in total. The first-order valence-electron chi connectivity index (χ1n) is 11.7. The highest BCUT2D eigenvalue weighted by Gasteiger charge is 2.29. The van der Waals surface area contributed by atoms with E-state index >= 15 is 0 Å². The van der Waals surface area contributed by atoms with Gasteiger partial charge in [-0.1, -0.05) is 36.4 Å². The summed E-state index contributed by atoms with van der Waals surface area (Å²) >= 11 is 0. The topological polar surface area (TPSA) is 63.4 Å². The number of anilines is 1. The molecule has 4 aromatic rings. The summed E-state index contributed by atoms with van der Waals surface area (Å²) in [7, 11) is 0. The van der Waals surface area contributed by atoms with E-state index in [2.05, 4.69) is 17.0 Å². The molecule has 0 N–H and O–H groups in total. The lowest BCUT2D eigenvalue weighted by Gasteiger charge is -2.37. The minimum Gasteiger partial charge on any atom is -0.368 e. The van der Waals surface area contributed by atoms with E-state index < -0.39 is 6.04 Å². The molecule has 0 aliphatic carbocycles. The Morgan fingerprint density at radius 2 is 1.47 bits per heavy atom. The largest absolute Gasteiger partial charge is 0.368 e. The van der Waals surface area contributed by atoms with Gasteiger partial charge in [0.2, 0.25) is 5.91 Å². The molecule has 5 rings (SSSR count). The van der Waals surface area contributed by atoms with Crippen LogP contribution in [0.3, 0.4) is 0 Å². The van der Waals surface area contributed by atoms with Gasteiger partial charge in [0.05, 0.1) is 11.4 Å². The standard InChI is InChI=1S/C27H29N5O2/c1-19-18-24(33)31(26-25(19)20(2)28-32(26)23-12-8-5-9-13-23)21(3)27(34)30-16-14-29(15-17-30)22-10-6-4-7-11-22/h4-13,18,21H,14-17H2,1-3H3. The highest BCUT2D eigenvalue weighted by molar-refractivity contribution is 5.87. The molecular formula is C27H29N5O2. The summed E-state index contributed by atoms with van der Waals surface area (Å²) in [6, 6.07) is 21.0. The van der Waals surface area contributed by atoms with Crippen molar-refractivity contribution in [3.8, 4) is 5.69 Å². The molecule has 2 aromatic heterocycles. The maximum Gasteiger partial charge on any atom is 0.253 e. The number of amides is 1. The van der Waals surface area contributed by atoms with Crippen molar-refractivity contribution in [3.63, 3.8) is 0 Å². The van der Waals surface area contributed by atoms with Crippen LogP contribution in [-0.4, -0.2) is 51.3 Å². The number of para-hydroxylation sites is 2. The molecule has 174 valence electrons. The Morgan fingerprint density at radius 3 is 2.09 bits per heavy atom. The van der Waals surface area contributed by atoms with E-state index in [9.17, 15) is 9.59 Å². The van der Waals surface area contributed by atoms with Gasteiger partial charge in [-0.25, -0.2) is 4.68 Å². The maximum absolute atomic E-state index is 13.6. The molecular weight excluding hydrogens is 426 g/mol. The fourth-order valence-corrected chi connectivity index (χ4v) is 4.95. The van der Waals surface area contributed by atoms with Crippen molar-refractivity contribution in [2.45, 2.75) is 26.8 Å². The van der Waals surface area contributed by atoms with Crippen molar-refractivity contribution in [1.82, 2.24) is 19.2 Å². The molecule has 1 atom stereocenters. The van der Waals surface area contributed by atoms with E-state index in [1.54, 1.807) is 15.3 Å². The van der Waals surface area contributed by atoms with Crippen molar-refractivity contribution >= 4 is 22.6 Å². The van der Waals surface area contributed by atoms with Gasteiger partial charge in [0, 0.05) is 43.3 Å². The fraction of sp³-hybridized carbons (Fsp3) is 0.296. The van der Waals surface area contributed by atoms with Gasteiger partial charge in [-0.3, -0.25) is 14.2 Å². The minimum atomic E-state index is -0.641. The summed E-state index contributed by atoms with van der Waals surface area (Å²) in [6.07, 6.45) is 0. The first-order chi connectivity index (χ1) is 16.5. The number of carbonyl (C=O) groups is 1. The molecule has 0 bridgehead atoms. The van der Waals surface area contributed by atoms with Crippen LogP contribution in [0.2, 0.25) is 0 Å². The summed E-state index contributed by atoms with van der Waals surface area (Å²) in [6.45, 7) is 8.47. The van der Waals surface area contributed by atoms with Gasteiger partial charge in [-0.05, 0) is 50.6 Å².